The summed E-state index contributed by atoms with van der Waals surface area (Å²) >= 11 is 0. The summed E-state index contributed by atoms with van der Waals surface area (Å²) in [4.78, 5) is 12.2. The van der Waals surface area contributed by atoms with Crippen LogP contribution in [-0.4, -0.2) is 31.6 Å². The number of nitrogens with two attached hydrogens (primary N) is 1. The molecule has 1 aliphatic rings. The van der Waals surface area contributed by atoms with Gasteiger partial charge in [-0.3, -0.25) is 4.79 Å². The molecule has 4 heteroatoms. The number of rotatable bonds is 5. The van der Waals surface area contributed by atoms with Crippen LogP contribution in [0.4, 0.5) is 0 Å². The van der Waals surface area contributed by atoms with Crippen molar-refractivity contribution in [2.75, 3.05) is 19.6 Å². The Kier molecular flexibility index (Phi) is 5.15. The fourth-order valence-corrected chi connectivity index (χ4v) is 2.97. The molecule has 0 bridgehead atoms. The van der Waals surface area contributed by atoms with Crippen LogP contribution in [-0.2, 0) is 11.2 Å². The van der Waals surface area contributed by atoms with Gasteiger partial charge in [-0.1, -0.05) is 30.3 Å². The molecule has 20 heavy (non-hydrogen) atoms. The van der Waals surface area contributed by atoms with Crippen molar-refractivity contribution >= 4 is 5.91 Å². The van der Waals surface area contributed by atoms with Crippen LogP contribution in [0.3, 0.4) is 0 Å². The Morgan fingerprint density at radius 1 is 1.35 bits per heavy atom. The summed E-state index contributed by atoms with van der Waals surface area (Å²) in [7, 11) is 0. The van der Waals surface area contributed by atoms with E-state index in [4.69, 9.17) is 5.73 Å². The van der Waals surface area contributed by atoms with Gasteiger partial charge in [0, 0.05) is 11.5 Å². The second-order valence-corrected chi connectivity index (χ2v) is 5.77. The molecule has 2 rings (SSSR count). The zero-order valence-corrected chi connectivity index (χ0v) is 12.2. The van der Waals surface area contributed by atoms with Crippen molar-refractivity contribution in [3.63, 3.8) is 0 Å². The van der Waals surface area contributed by atoms with Gasteiger partial charge >= 0.3 is 0 Å². The smallest absolute Gasteiger partial charge is 0.224 e. The van der Waals surface area contributed by atoms with E-state index in [0.29, 0.717) is 13.0 Å². The molecule has 0 radical (unpaired) electrons. The molecule has 0 spiro atoms. The largest absolute Gasteiger partial charge is 0.353 e. The molecule has 4 N–H and O–H groups in total. The molecule has 4 nitrogen and oxygen atoms in total. The fourth-order valence-electron chi connectivity index (χ4n) is 2.97. The summed E-state index contributed by atoms with van der Waals surface area (Å²) in [5, 5.41) is 6.50. The van der Waals surface area contributed by atoms with Gasteiger partial charge in [0.15, 0.2) is 0 Å². The maximum Gasteiger partial charge on any atom is 0.224 e. The average Bonchev–Trinajstić information content (AvgIpc) is 2.48. The third-order valence-electron chi connectivity index (χ3n) is 4.51. The van der Waals surface area contributed by atoms with Gasteiger partial charge in [0.1, 0.15) is 0 Å². The number of amides is 1. The van der Waals surface area contributed by atoms with Crippen LogP contribution in [0.2, 0.25) is 0 Å². The molecule has 1 aliphatic heterocycles. The lowest BCUT2D eigenvalue weighted by Gasteiger charge is -2.41. The Morgan fingerprint density at radius 2 is 2.00 bits per heavy atom. The molecule has 1 atom stereocenters. The second kappa shape index (κ2) is 6.86. The molecule has 1 heterocycles. The van der Waals surface area contributed by atoms with Gasteiger partial charge in [0.05, 0.1) is 6.42 Å². The highest BCUT2D eigenvalue weighted by atomic mass is 16.1. The molecule has 0 aliphatic carbocycles. The highest BCUT2D eigenvalue weighted by Gasteiger charge is 2.36. The number of benzene rings is 1. The van der Waals surface area contributed by atoms with Gasteiger partial charge in [0.2, 0.25) is 5.91 Å². The van der Waals surface area contributed by atoms with Crippen LogP contribution in [0.5, 0.6) is 0 Å². The van der Waals surface area contributed by atoms with Crippen LogP contribution in [0.25, 0.3) is 0 Å². The van der Waals surface area contributed by atoms with E-state index >= 15 is 0 Å². The van der Waals surface area contributed by atoms with Crippen molar-refractivity contribution in [2.24, 2.45) is 11.1 Å². The Bertz CT molecular complexity index is 427. The maximum absolute atomic E-state index is 12.2. The highest BCUT2D eigenvalue weighted by Crippen LogP contribution is 2.31. The van der Waals surface area contributed by atoms with Gasteiger partial charge in [-0.2, -0.15) is 0 Å². The second-order valence-electron chi connectivity index (χ2n) is 5.77. The minimum atomic E-state index is 0.0393. The van der Waals surface area contributed by atoms with Crippen molar-refractivity contribution in [3.05, 3.63) is 35.9 Å². The van der Waals surface area contributed by atoms with Crippen molar-refractivity contribution in [1.29, 1.82) is 0 Å². The first kappa shape index (κ1) is 15.0. The summed E-state index contributed by atoms with van der Waals surface area (Å²) in [5.74, 6) is 0.0788. The number of hydrogen-bond acceptors (Lipinski definition) is 3. The first-order chi connectivity index (χ1) is 9.66. The van der Waals surface area contributed by atoms with E-state index in [1.54, 1.807) is 0 Å². The first-order valence-electron chi connectivity index (χ1n) is 7.40. The van der Waals surface area contributed by atoms with E-state index in [-0.39, 0.29) is 17.4 Å². The van der Waals surface area contributed by atoms with Crippen molar-refractivity contribution < 1.29 is 4.79 Å². The minimum Gasteiger partial charge on any atom is -0.353 e. The average molecular weight is 275 g/mol. The number of hydrogen-bond donors (Lipinski definition) is 3. The van der Waals surface area contributed by atoms with E-state index in [1.165, 1.54) is 0 Å². The zero-order chi connectivity index (χ0) is 14.4. The highest BCUT2D eigenvalue weighted by molar-refractivity contribution is 5.78. The van der Waals surface area contributed by atoms with Gasteiger partial charge in [0.25, 0.3) is 0 Å². The minimum absolute atomic E-state index is 0.0393. The summed E-state index contributed by atoms with van der Waals surface area (Å²) in [5.41, 5.74) is 7.07. The van der Waals surface area contributed by atoms with Crippen molar-refractivity contribution in [2.45, 2.75) is 32.2 Å². The van der Waals surface area contributed by atoms with Crippen LogP contribution >= 0.6 is 0 Å². The Hall–Kier alpha value is -1.39. The molecule has 0 saturated carbocycles. The molecule has 1 saturated heterocycles. The van der Waals surface area contributed by atoms with E-state index in [2.05, 4.69) is 17.6 Å². The van der Waals surface area contributed by atoms with Crippen molar-refractivity contribution in [3.8, 4) is 0 Å². The number of carbonyl (C=O) groups excluding carboxylic acids is 1. The molecule has 110 valence electrons. The normalized spacial score (nSPS) is 19.3. The van der Waals surface area contributed by atoms with Crippen LogP contribution in [0.15, 0.2) is 30.3 Å². The van der Waals surface area contributed by atoms with Crippen LogP contribution in [0.1, 0.15) is 25.3 Å². The lowest BCUT2D eigenvalue weighted by Crippen LogP contribution is -2.54. The summed E-state index contributed by atoms with van der Waals surface area (Å²) < 4.78 is 0. The third-order valence-corrected chi connectivity index (χ3v) is 4.51. The molecular weight excluding hydrogens is 250 g/mol. The number of nitrogens with one attached hydrogen (secondary N) is 2. The Morgan fingerprint density at radius 3 is 2.60 bits per heavy atom. The molecule has 1 aromatic carbocycles. The van der Waals surface area contributed by atoms with E-state index in [0.717, 1.165) is 31.5 Å². The van der Waals surface area contributed by atoms with Crippen LogP contribution < -0.4 is 16.4 Å². The van der Waals surface area contributed by atoms with Gasteiger partial charge in [-0.25, -0.2) is 0 Å². The number of carbonyl (C=O) groups is 1. The zero-order valence-electron chi connectivity index (χ0n) is 12.2. The van der Waals surface area contributed by atoms with Crippen molar-refractivity contribution in [1.82, 2.24) is 10.6 Å². The predicted octanol–water partition coefficient (Wildman–Crippen LogP) is 1.06. The first-order valence-corrected chi connectivity index (χ1v) is 7.40. The number of piperidine rings is 1. The van der Waals surface area contributed by atoms with Gasteiger partial charge in [-0.05, 0) is 45.0 Å². The third kappa shape index (κ3) is 3.58. The summed E-state index contributed by atoms with van der Waals surface area (Å²) in [6.07, 6.45) is 2.48. The molecule has 1 amide bonds. The SMILES string of the molecule is CC(NC(=O)Cc1ccccc1)C1(CN)CCNCC1. The van der Waals surface area contributed by atoms with Gasteiger partial charge < -0.3 is 16.4 Å². The predicted molar refractivity (Wildman–Crippen MR) is 81.3 cm³/mol. The lowest BCUT2D eigenvalue weighted by molar-refractivity contribution is -0.122. The molecular formula is C16H25N3O. The molecule has 1 unspecified atom stereocenters. The Balaban J connectivity index is 1.92. The monoisotopic (exact) mass is 275 g/mol. The molecule has 0 aromatic heterocycles. The Labute approximate surface area is 121 Å². The topological polar surface area (TPSA) is 67.2 Å². The van der Waals surface area contributed by atoms with E-state index in [1.807, 2.05) is 30.3 Å². The standard InChI is InChI=1S/C16H25N3O/c1-13(16(12-17)7-9-18-10-8-16)19-15(20)11-14-5-3-2-4-6-14/h2-6,13,18H,7-12,17H2,1H3,(H,19,20). The summed E-state index contributed by atoms with van der Waals surface area (Å²) in [6.45, 7) is 4.68. The van der Waals surface area contributed by atoms with Gasteiger partial charge in [-0.15, -0.1) is 0 Å². The van der Waals surface area contributed by atoms with Crippen LogP contribution in [0, 0.1) is 5.41 Å². The quantitative estimate of drug-likeness (QED) is 0.753. The fraction of sp³-hybridized carbons (Fsp3) is 0.562. The lowest BCUT2D eigenvalue weighted by atomic mass is 9.73. The maximum atomic E-state index is 12.2. The molecule has 1 fully saturated rings. The molecule has 1 aromatic rings. The summed E-state index contributed by atoms with van der Waals surface area (Å²) in [6, 6.07) is 9.95. The van der Waals surface area contributed by atoms with E-state index in [9.17, 15) is 4.79 Å². The van der Waals surface area contributed by atoms with E-state index < -0.39 is 0 Å².